The summed E-state index contributed by atoms with van der Waals surface area (Å²) < 4.78 is 1.06. The van der Waals surface area contributed by atoms with E-state index in [1.165, 1.54) is 4.90 Å². The molecule has 0 heterocycles. The zero-order chi connectivity index (χ0) is 15.9. The first kappa shape index (κ1) is 17.3. The van der Waals surface area contributed by atoms with E-state index in [1.807, 2.05) is 24.3 Å². The fraction of sp³-hybridized carbons (Fsp3) is 0.500. The molecule has 0 aliphatic heterocycles. The van der Waals surface area contributed by atoms with Gasteiger partial charge in [-0.1, -0.05) is 22.4 Å². The van der Waals surface area contributed by atoms with E-state index in [-0.39, 0.29) is 11.9 Å². The molecule has 2 rings (SSSR count). The van der Waals surface area contributed by atoms with Crippen LogP contribution in [0.4, 0.5) is 0 Å². The molecule has 1 aromatic rings. The minimum absolute atomic E-state index is 0.0328. The lowest BCUT2D eigenvalue weighted by Crippen LogP contribution is -2.40. The second-order valence-electron chi connectivity index (χ2n) is 5.46. The normalized spacial score (nSPS) is 20.8. The molecule has 120 valence electrons. The molecule has 4 nitrogen and oxygen atoms in total. The number of carboxylic acid groups (broad SMARTS) is 1. The predicted molar refractivity (Wildman–Crippen MR) is 91.0 cm³/mol. The van der Waals surface area contributed by atoms with Crippen LogP contribution in [0.25, 0.3) is 0 Å². The van der Waals surface area contributed by atoms with E-state index in [4.69, 9.17) is 5.11 Å². The summed E-state index contributed by atoms with van der Waals surface area (Å²) in [4.78, 5) is 24.2. The van der Waals surface area contributed by atoms with Crippen molar-refractivity contribution in [3.05, 3.63) is 28.7 Å². The Hall–Kier alpha value is -1.01. The number of halogens is 1. The molecule has 22 heavy (non-hydrogen) atoms. The number of carboxylic acids is 1. The maximum absolute atomic E-state index is 11.9. The molecule has 1 aromatic carbocycles. The van der Waals surface area contributed by atoms with Crippen LogP contribution in [0.5, 0.6) is 0 Å². The lowest BCUT2D eigenvalue weighted by Gasteiger charge is -2.17. The monoisotopic (exact) mass is 385 g/mol. The second kappa shape index (κ2) is 8.58. The number of hydrogen-bond donors (Lipinski definition) is 2. The fourth-order valence-electron chi connectivity index (χ4n) is 2.66. The van der Waals surface area contributed by atoms with Gasteiger partial charge in [0.05, 0.1) is 5.92 Å². The fourth-order valence-corrected chi connectivity index (χ4v) is 3.78. The molecule has 0 unspecified atom stereocenters. The van der Waals surface area contributed by atoms with Crippen molar-refractivity contribution in [3.63, 3.8) is 0 Å². The first-order valence-electron chi connectivity index (χ1n) is 7.47. The lowest BCUT2D eigenvalue weighted by atomic mass is 10.0. The van der Waals surface area contributed by atoms with E-state index < -0.39 is 11.9 Å². The third-order valence-corrected chi connectivity index (χ3v) is 5.44. The molecule has 1 aliphatic rings. The van der Waals surface area contributed by atoms with Crippen molar-refractivity contribution in [2.75, 3.05) is 5.75 Å². The van der Waals surface area contributed by atoms with Crippen LogP contribution >= 0.6 is 27.7 Å². The number of benzene rings is 1. The number of hydrogen-bond acceptors (Lipinski definition) is 3. The van der Waals surface area contributed by atoms with Gasteiger partial charge in [0.15, 0.2) is 0 Å². The zero-order valence-electron chi connectivity index (χ0n) is 12.3. The van der Waals surface area contributed by atoms with Gasteiger partial charge in [-0.05, 0) is 49.3 Å². The summed E-state index contributed by atoms with van der Waals surface area (Å²) in [6.07, 6.45) is 3.56. The van der Waals surface area contributed by atoms with Gasteiger partial charge < -0.3 is 10.4 Å². The highest BCUT2D eigenvalue weighted by Gasteiger charge is 2.33. The summed E-state index contributed by atoms with van der Waals surface area (Å²) >= 11 is 5.12. The third kappa shape index (κ3) is 5.32. The predicted octanol–water partition coefficient (Wildman–Crippen LogP) is 3.69. The van der Waals surface area contributed by atoms with Gasteiger partial charge in [0.1, 0.15) is 0 Å². The molecule has 2 atom stereocenters. The van der Waals surface area contributed by atoms with Gasteiger partial charge in [-0.15, -0.1) is 11.8 Å². The van der Waals surface area contributed by atoms with Gasteiger partial charge in [-0.3, -0.25) is 9.59 Å². The highest BCUT2D eigenvalue weighted by Crippen LogP contribution is 2.26. The van der Waals surface area contributed by atoms with Crippen LogP contribution in [0.15, 0.2) is 33.6 Å². The quantitative estimate of drug-likeness (QED) is 0.554. The number of amides is 1. The highest BCUT2D eigenvalue weighted by molar-refractivity contribution is 9.10. The Morgan fingerprint density at radius 1 is 1.27 bits per heavy atom. The minimum Gasteiger partial charge on any atom is -0.481 e. The van der Waals surface area contributed by atoms with Crippen molar-refractivity contribution >= 4 is 39.6 Å². The Balaban J connectivity index is 1.65. The van der Waals surface area contributed by atoms with E-state index in [2.05, 4.69) is 21.2 Å². The number of aliphatic carboxylic acids is 1. The maximum Gasteiger partial charge on any atom is 0.308 e. The van der Waals surface area contributed by atoms with E-state index in [0.29, 0.717) is 12.8 Å². The lowest BCUT2D eigenvalue weighted by molar-refractivity contribution is -0.142. The molecule has 1 aliphatic carbocycles. The molecule has 0 aromatic heterocycles. The Morgan fingerprint density at radius 2 is 2.00 bits per heavy atom. The number of nitrogens with one attached hydrogen (secondary N) is 1. The maximum atomic E-state index is 11.9. The molecule has 1 fully saturated rings. The van der Waals surface area contributed by atoms with Crippen molar-refractivity contribution in [2.24, 2.45) is 5.92 Å². The molecule has 1 saturated carbocycles. The Labute approximate surface area is 143 Å². The average molecular weight is 386 g/mol. The van der Waals surface area contributed by atoms with Gasteiger partial charge in [-0.25, -0.2) is 0 Å². The molecule has 2 N–H and O–H groups in total. The Kier molecular flexibility index (Phi) is 6.76. The molecule has 0 radical (unpaired) electrons. The molecule has 0 spiro atoms. The molecular formula is C16H20BrNO3S. The zero-order valence-corrected chi connectivity index (χ0v) is 14.7. The van der Waals surface area contributed by atoms with Crippen LogP contribution in [0.2, 0.25) is 0 Å². The SMILES string of the molecule is O=C(CCCSc1ccc(Br)cc1)N[C@H]1CCC[C@H]1C(=O)O. The van der Waals surface area contributed by atoms with Crippen molar-refractivity contribution in [1.82, 2.24) is 5.32 Å². The average Bonchev–Trinajstić information content (AvgIpc) is 2.94. The first-order valence-corrected chi connectivity index (χ1v) is 9.24. The molecular weight excluding hydrogens is 366 g/mol. The van der Waals surface area contributed by atoms with E-state index >= 15 is 0 Å². The van der Waals surface area contributed by atoms with Gasteiger partial charge in [0.2, 0.25) is 5.91 Å². The minimum atomic E-state index is -0.798. The third-order valence-electron chi connectivity index (χ3n) is 3.81. The van der Waals surface area contributed by atoms with Crippen molar-refractivity contribution < 1.29 is 14.7 Å². The number of carbonyl (C=O) groups is 2. The van der Waals surface area contributed by atoms with Crippen LogP contribution in [0.1, 0.15) is 32.1 Å². The topological polar surface area (TPSA) is 66.4 Å². The van der Waals surface area contributed by atoms with Crippen LogP contribution < -0.4 is 5.32 Å². The summed E-state index contributed by atoms with van der Waals surface area (Å²) in [5, 5.41) is 12.0. The standard InChI is InChI=1S/C16H20BrNO3S/c17-11-6-8-12(9-7-11)22-10-2-5-15(19)18-14-4-1-3-13(14)16(20)21/h6-9,13-14H,1-5,10H2,(H,18,19)(H,20,21)/t13-,14+/m1/s1. The Bertz CT molecular complexity index is 521. The van der Waals surface area contributed by atoms with Crippen LogP contribution in [-0.2, 0) is 9.59 Å². The number of rotatable bonds is 7. The van der Waals surface area contributed by atoms with Gasteiger partial charge in [-0.2, -0.15) is 0 Å². The van der Waals surface area contributed by atoms with E-state index in [9.17, 15) is 9.59 Å². The Morgan fingerprint density at radius 3 is 2.68 bits per heavy atom. The van der Waals surface area contributed by atoms with Crippen LogP contribution in [0.3, 0.4) is 0 Å². The summed E-state index contributed by atoms with van der Waals surface area (Å²) in [7, 11) is 0. The van der Waals surface area contributed by atoms with E-state index in [0.717, 1.165) is 29.5 Å². The van der Waals surface area contributed by atoms with Gasteiger partial charge in [0, 0.05) is 21.8 Å². The van der Waals surface area contributed by atoms with Gasteiger partial charge in [0.25, 0.3) is 0 Å². The summed E-state index contributed by atoms with van der Waals surface area (Å²) in [6.45, 7) is 0. The summed E-state index contributed by atoms with van der Waals surface area (Å²) in [6, 6.07) is 7.90. The molecule has 6 heteroatoms. The van der Waals surface area contributed by atoms with Crippen molar-refractivity contribution in [1.29, 1.82) is 0 Å². The smallest absolute Gasteiger partial charge is 0.308 e. The van der Waals surface area contributed by atoms with E-state index in [1.54, 1.807) is 11.8 Å². The van der Waals surface area contributed by atoms with Crippen LogP contribution in [0, 0.1) is 5.92 Å². The van der Waals surface area contributed by atoms with Gasteiger partial charge >= 0.3 is 5.97 Å². The summed E-state index contributed by atoms with van der Waals surface area (Å²) in [5.41, 5.74) is 0. The largest absolute Gasteiger partial charge is 0.481 e. The molecule has 1 amide bonds. The second-order valence-corrected chi connectivity index (χ2v) is 7.54. The molecule has 0 saturated heterocycles. The van der Waals surface area contributed by atoms with Crippen molar-refractivity contribution in [3.8, 4) is 0 Å². The van der Waals surface area contributed by atoms with Crippen molar-refractivity contribution in [2.45, 2.75) is 43.0 Å². The first-order chi connectivity index (χ1) is 10.6. The number of thioether (sulfide) groups is 1. The highest BCUT2D eigenvalue weighted by atomic mass is 79.9. The number of carbonyl (C=O) groups excluding carboxylic acids is 1. The van der Waals surface area contributed by atoms with Crippen LogP contribution in [-0.4, -0.2) is 28.8 Å². The molecule has 0 bridgehead atoms. The summed E-state index contributed by atoms with van der Waals surface area (Å²) in [5.74, 6) is -0.369.